The highest BCUT2D eigenvalue weighted by Crippen LogP contribution is 2.09. The molecular weight excluding hydrogens is 154 g/mol. The normalized spacial score (nSPS) is 8.80. The third-order valence-electron chi connectivity index (χ3n) is 0.725. The molecule has 5 nitrogen and oxygen atoms in total. The van der Waals surface area contributed by atoms with Gasteiger partial charge in [-0.25, -0.2) is 10.2 Å². The maximum Gasteiger partial charge on any atom is 0.423 e. The first kappa shape index (κ1) is 6.81. The van der Waals surface area contributed by atoms with E-state index in [0.29, 0.717) is 5.00 Å². The van der Waals surface area contributed by atoms with Crippen molar-refractivity contribution >= 4 is 22.4 Å². The van der Waals surface area contributed by atoms with Gasteiger partial charge in [-0.2, -0.15) is 0 Å². The van der Waals surface area contributed by atoms with Crippen LogP contribution in [0.25, 0.3) is 0 Å². The zero-order valence-electron chi connectivity index (χ0n) is 4.87. The molecule has 0 saturated carbocycles. The lowest BCUT2D eigenvalue weighted by Gasteiger charge is -1.98. The molecule has 0 aliphatic carbocycles. The van der Waals surface area contributed by atoms with E-state index in [1.54, 1.807) is 5.51 Å². The van der Waals surface area contributed by atoms with Gasteiger partial charge in [0.1, 0.15) is 5.00 Å². The van der Waals surface area contributed by atoms with Crippen molar-refractivity contribution in [3.63, 3.8) is 0 Å². The maximum atomic E-state index is 9.91. The van der Waals surface area contributed by atoms with Crippen molar-refractivity contribution in [3.05, 3.63) is 11.7 Å². The number of carboxylic acid groups (broad SMARTS) is 1. The molecule has 54 valence electrons. The average Bonchev–Trinajstić information content (AvgIpc) is 2.34. The number of hydrazine groups is 1. The fourth-order valence-corrected chi connectivity index (χ4v) is 0.860. The average molecular weight is 159 g/mol. The Labute approximate surface area is 60.7 Å². The summed E-state index contributed by atoms with van der Waals surface area (Å²) in [7, 11) is 0. The molecular formula is C4H5N3O2S. The highest BCUT2D eigenvalue weighted by Gasteiger charge is 1.93. The van der Waals surface area contributed by atoms with Crippen molar-refractivity contribution < 1.29 is 9.90 Å². The highest BCUT2D eigenvalue weighted by molar-refractivity contribution is 7.13. The SMILES string of the molecule is O=C(O)NNc1cncs1. The molecule has 0 bridgehead atoms. The van der Waals surface area contributed by atoms with Crippen LogP contribution in [-0.2, 0) is 0 Å². The zero-order chi connectivity index (χ0) is 7.40. The molecule has 3 N–H and O–H groups in total. The standard InChI is InChI=1S/C4H5N3O2S/c8-4(9)7-6-3-1-5-2-10-3/h1-2,6-7H,(H,8,9). The Hall–Kier alpha value is -1.30. The van der Waals surface area contributed by atoms with Crippen molar-refractivity contribution in [2.75, 3.05) is 5.43 Å². The summed E-state index contributed by atoms with van der Waals surface area (Å²) in [5.74, 6) is 0. The van der Waals surface area contributed by atoms with Crippen LogP contribution in [0.4, 0.5) is 9.80 Å². The highest BCUT2D eigenvalue weighted by atomic mass is 32.1. The topological polar surface area (TPSA) is 74.2 Å². The number of amides is 1. The second-order valence-corrected chi connectivity index (χ2v) is 2.31. The summed E-state index contributed by atoms with van der Waals surface area (Å²) in [6.45, 7) is 0. The number of hydrogen-bond donors (Lipinski definition) is 3. The predicted molar refractivity (Wildman–Crippen MR) is 36.9 cm³/mol. The second-order valence-electron chi connectivity index (χ2n) is 1.42. The Bertz CT molecular complexity index is 210. The van der Waals surface area contributed by atoms with E-state index in [9.17, 15) is 4.79 Å². The van der Waals surface area contributed by atoms with Gasteiger partial charge in [0.2, 0.25) is 0 Å². The summed E-state index contributed by atoms with van der Waals surface area (Å²) in [6, 6.07) is 0. The van der Waals surface area contributed by atoms with Crippen LogP contribution in [0.5, 0.6) is 0 Å². The zero-order valence-corrected chi connectivity index (χ0v) is 5.68. The summed E-state index contributed by atoms with van der Waals surface area (Å²) >= 11 is 1.32. The lowest BCUT2D eigenvalue weighted by molar-refractivity contribution is 0.197. The van der Waals surface area contributed by atoms with E-state index in [-0.39, 0.29) is 0 Å². The van der Waals surface area contributed by atoms with Crippen molar-refractivity contribution in [1.82, 2.24) is 10.4 Å². The number of carbonyl (C=O) groups is 1. The lowest BCUT2D eigenvalue weighted by atomic mass is 10.9. The molecule has 10 heavy (non-hydrogen) atoms. The Morgan fingerprint density at radius 2 is 2.60 bits per heavy atom. The minimum Gasteiger partial charge on any atom is -0.464 e. The third kappa shape index (κ3) is 1.90. The molecule has 6 heteroatoms. The van der Waals surface area contributed by atoms with Gasteiger partial charge in [0.25, 0.3) is 0 Å². The first-order valence-corrected chi connectivity index (χ1v) is 3.30. The van der Waals surface area contributed by atoms with Gasteiger partial charge in [0, 0.05) is 0 Å². The van der Waals surface area contributed by atoms with Crippen molar-refractivity contribution in [3.8, 4) is 0 Å². The third-order valence-corrected chi connectivity index (χ3v) is 1.41. The van der Waals surface area contributed by atoms with Gasteiger partial charge >= 0.3 is 6.09 Å². The Balaban J connectivity index is 2.35. The molecule has 1 aromatic rings. The van der Waals surface area contributed by atoms with Crippen LogP contribution in [0.2, 0.25) is 0 Å². The largest absolute Gasteiger partial charge is 0.464 e. The summed E-state index contributed by atoms with van der Waals surface area (Å²) in [4.78, 5) is 13.6. The van der Waals surface area contributed by atoms with Crippen LogP contribution < -0.4 is 10.9 Å². The summed E-state index contributed by atoms with van der Waals surface area (Å²) in [5.41, 5.74) is 6.02. The van der Waals surface area contributed by atoms with Gasteiger partial charge in [0.05, 0.1) is 11.7 Å². The van der Waals surface area contributed by atoms with Crippen molar-refractivity contribution in [1.29, 1.82) is 0 Å². The molecule has 0 aromatic carbocycles. The van der Waals surface area contributed by atoms with Crippen LogP contribution in [0, 0.1) is 0 Å². The van der Waals surface area contributed by atoms with E-state index < -0.39 is 6.09 Å². The number of hydrogen-bond acceptors (Lipinski definition) is 4. The molecule has 0 atom stereocenters. The van der Waals surface area contributed by atoms with Crippen LogP contribution in [-0.4, -0.2) is 16.2 Å². The number of nitrogens with one attached hydrogen (secondary N) is 2. The molecule has 0 aliphatic heterocycles. The fraction of sp³-hybridized carbons (Fsp3) is 0. The number of thiazole rings is 1. The van der Waals surface area contributed by atoms with E-state index in [0.717, 1.165) is 0 Å². The molecule has 0 fully saturated rings. The lowest BCUT2D eigenvalue weighted by Crippen LogP contribution is -2.26. The number of anilines is 1. The first-order chi connectivity index (χ1) is 4.79. The van der Waals surface area contributed by atoms with Gasteiger partial charge in [0.15, 0.2) is 0 Å². The monoisotopic (exact) mass is 159 g/mol. The first-order valence-electron chi connectivity index (χ1n) is 2.42. The molecule has 1 aromatic heterocycles. The van der Waals surface area contributed by atoms with Gasteiger partial charge in [-0.05, 0) is 0 Å². The molecule has 0 saturated heterocycles. The minimum atomic E-state index is -1.12. The van der Waals surface area contributed by atoms with Gasteiger partial charge in [-0.3, -0.25) is 10.4 Å². The molecule has 0 spiro atoms. The number of rotatable bonds is 2. The number of aromatic nitrogens is 1. The Morgan fingerprint density at radius 3 is 3.10 bits per heavy atom. The van der Waals surface area contributed by atoms with Gasteiger partial charge in [-0.15, -0.1) is 11.3 Å². The van der Waals surface area contributed by atoms with Crippen LogP contribution in [0.1, 0.15) is 0 Å². The Morgan fingerprint density at radius 1 is 1.80 bits per heavy atom. The molecule has 0 radical (unpaired) electrons. The quantitative estimate of drug-likeness (QED) is 0.556. The van der Waals surface area contributed by atoms with Crippen LogP contribution in [0.3, 0.4) is 0 Å². The molecule has 0 unspecified atom stereocenters. The Kier molecular flexibility index (Phi) is 2.06. The van der Waals surface area contributed by atoms with Crippen LogP contribution >= 0.6 is 11.3 Å². The van der Waals surface area contributed by atoms with Crippen molar-refractivity contribution in [2.24, 2.45) is 0 Å². The van der Waals surface area contributed by atoms with E-state index in [4.69, 9.17) is 5.11 Å². The second kappa shape index (κ2) is 3.02. The maximum absolute atomic E-state index is 9.91. The molecule has 0 aliphatic rings. The van der Waals surface area contributed by atoms with E-state index >= 15 is 0 Å². The summed E-state index contributed by atoms with van der Waals surface area (Å²) in [5, 5.41) is 8.79. The molecule has 1 rings (SSSR count). The minimum absolute atomic E-state index is 0.669. The van der Waals surface area contributed by atoms with Crippen LogP contribution in [0.15, 0.2) is 11.7 Å². The van der Waals surface area contributed by atoms with E-state index in [2.05, 4.69) is 10.4 Å². The van der Waals surface area contributed by atoms with Crippen molar-refractivity contribution in [2.45, 2.75) is 0 Å². The summed E-state index contributed by atoms with van der Waals surface area (Å²) < 4.78 is 0. The van der Waals surface area contributed by atoms with E-state index in [1.807, 2.05) is 5.43 Å². The van der Waals surface area contributed by atoms with Gasteiger partial charge in [-0.1, -0.05) is 0 Å². The van der Waals surface area contributed by atoms with E-state index in [1.165, 1.54) is 17.5 Å². The van der Waals surface area contributed by atoms with Gasteiger partial charge < -0.3 is 5.11 Å². The predicted octanol–water partition coefficient (Wildman–Crippen LogP) is 0.738. The number of nitrogens with zero attached hydrogens (tertiary/aromatic N) is 1. The molecule has 1 heterocycles. The molecule has 1 amide bonds. The fourth-order valence-electron chi connectivity index (χ4n) is 0.393. The smallest absolute Gasteiger partial charge is 0.423 e. The summed E-state index contributed by atoms with van der Waals surface area (Å²) in [6.07, 6.45) is 0.411.